The van der Waals surface area contributed by atoms with Crippen molar-refractivity contribution in [2.24, 2.45) is 11.8 Å². The minimum Gasteiger partial charge on any atom is -0.444 e. The Morgan fingerprint density at radius 2 is 1.82 bits per heavy atom. The minimum atomic E-state index is -0.562. The van der Waals surface area contributed by atoms with E-state index in [4.69, 9.17) is 4.74 Å². The molecule has 5 heteroatoms. The molecule has 0 saturated carbocycles. The van der Waals surface area contributed by atoms with E-state index in [1.54, 1.807) is 0 Å². The molecule has 1 N–H and O–H groups in total. The average molecular weight is 312 g/mol. The molecule has 0 aromatic carbocycles. The summed E-state index contributed by atoms with van der Waals surface area (Å²) in [6.07, 6.45) is 2.38. The van der Waals surface area contributed by atoms with Crippen LogP contribution in [0, 0.1) is 11.8 Å². The number of likely N-dealkylation sites (tertiary alicyclic amines) is 1. The van der Waals surface area contributed by atoms with Gasteiger partial charge in [0.1, 0.15) is 11.6 Å². The smallest absolute Gasteiger partial charge is 0.408 e. The van der Waals surface area contributed by atoms with Gasteiger partial charge in [-0.25, -0.2) is 4.79 Å². The summed E-state index contributed by atoms with van der Waals surface area (Å²) in [6.45, 7) is 13.3. The minimum absolute atomic E-state index is 0.0205. The number of nitrogens with one attached hydrogen (secondary N) is 1. The quantitative estimate of drug-likeness (QED) is 0.867. The van der Waals surface area contributed by atoms with E-state index in [1.165, 1.54) is 0 Å². The summed E-state index contributed by atoms with van der Waals surface area (Å²) in [5, 5.41) is 2.78. The Labute approximate surface area is 134 Å². The number of alkyl carbamates (subject to hydrolysis) is 1. The lowest BCUT2D eigenvalue weighted by Gasteiger charge is -2.35. The van der Waals surface area contributed by atoms with Gasteiger partial charge in [-0.05, 0) is 45.4 Å². The first-order chi connectivity index (χ1) is 10.1. The van der Waals surface area contributed by atoms with Gasteiger partial charge in [0.15, 0.2) is 0 Å². The fraction of sp³-hybridized carbons (Fsp3) is 0.882. The molecule has 2 amide bonds. The first kappa shape index (κ1) is 18.8. The standard InChI is InChI=1S/C17H32N2O3/c1-7-13(3)14(18-16(21)22-17(4,5)6)15(20)19-10-8-12(2)9-11-19/h12-14H,7-11H2,1-6H3,(H,18,21)/t13?,14-/m0/s1. The fourth-order valence-electron chi connectivity index (χ4n) is 2.54. The van der Waals surface area contributed by atoms with Gasteiger partial charge in [-0.15, -0.1) is 0 Å². The summed E-state index contributed by atoms with van der Waals surface area (Å²) in [7, 11) is 0. The Morgan fingerprint density at radius 1 is 1.27 bits per heavy atom. The van der Waals surface area contributed by atoms with Gasteiger partial charge >= 0.3 is 6.09 Å². The molecule has 128 valence electrons. The van der Waals surface area contributed by atoms with Crippen LogP contribution >= 0.6 is 0 Å². The lowest BCUT2D eigenvalue weighted by atomic mass is 9.95. The van der Waals surface area contributed by atoms with Gasteiger partial charge in [0, 0.05) is 13.1 Å². The zero-order valence-corrected chi connectivity index (χ0v) is 14.9. The van der Waals surface area contributed by atoms with Crippen LogP contribution in [0.2, 0.25) is 0 Å². The van der Waals surface area contributed by atoms with Crippen LogP contribution in [-0.4, -0.2) is 41.6 Å². The SMILES string of the molecule is CCC(C)[C@H](NC(=O)OC(C)(C)C)C(=O)N1CCC(C)CC1. The number of hydrogen-bond acceptors (Lipinski definition) is 3. The topological polar surface area (TPSA) is 58.6 Å². The Morgan fingerprint density at radius 3 is 2.27 bits per heavy atom. The van der Waals surface area contributed by atoms with Gasteiger partial charge in [0.25, 0.3) is 0 Å². The zero-order chi connectivity index (χ0) is 16.9. The predicted molar refractivity (Wildman–Crippen MR) is 87.6 cm³/mol. The molecule has 0 aliphatic carbocycles. The van der Waals surface area contributed by atoms with Crippen LogP contribution in [0.25, 0.3) is 0 Å². The summed E-state index contributed by atoms with van der Waals surface area (Å²) >= 11 is 0. The highest BCUT2D eigenvalue weighted by Crippen LogP contribution is 2.19. The molecule has 1 rings (SSSR count). The molecule has 1 unspecified atom stereocenters. The second-order valence-corrected chi connectivity index (χ2v) is 7.52. The maximum atomic E-state index is 12.8. The molecule has 0 aromatic rings. The van der Waals surface area contributed by atoms with E-state index < -0.39 is 17.7 Å². The largest absolute Gasteiger partial charge is 0.444 e. The third kappa shape index (κ3) is 5.85. The highest BCUT2D eigenvalue weighted by atomic mass is 16.6. The molecule has 1 aliphatic heterocycles. The highest BCUT2D eigenvalue weighted by molar-refractivity contribution is 5.86. The number of piperidine rings is 1. The Kier molecular flexibility index (Phi) is 6.69. The van der Waals surface area contributed by atoms with Crippen LogP contribution in [0.4, 0.5) is 4.79 Å². The van der Waals surface area contributed by atoms with Crippen LogP contribution in [-0.2, 0) is 9.53 Å². The molecule has 5 nitrogen and oxygen atoms in total. The van der Waals surface area contributed by atoms with Crippen LogP contribution in [0.15, 0.2) is 0 Å². The van der Waals surface area contributed by atoms with Crippen molar-refractivity contribution in [2.75, 3.05) is 13.1 Å². The van der Waals surface area contributed by atoms with Crippen molar-refractivity contribution in [1.82, 2.24) is 10.2 Å². The summed E-state index contributed by atoms with van der Waals surface area (Å²) in [4.78, 5) is 26.7. The lowest BCUT2D eigenvalue weighted by Crippen LogP contribution is -2.54. The van der Waals surface area contributed by atoms with Gasteiger partial charge in [-0.1, -0.05) is 27.2 Å². The van der Waals surface area contributed by atoms with E-state index in [9.17, 15) is 9.59 Å². The molecule has 1 aliphatic rings. The molecule has 22 heavy (non-hydrogen) atoms. The summed E-state index contributed by atoms with van der Waals surface area (Å²) in [5.41, 5.74) is -0.562. The maximum absolute atomic E-state index is 12.8. The molecule has 0 radical (unpaired) electrons. The second-order valence-electron chi connectivity index (χ2n) is 7.52. The molecular weight excluding hydrogens is 280 g/mol. The first-order valence-corrected chi connectivity index (χ1v) is 8.42. The number of amides is 2. The van der Waals surface area contributed by atoms with Gasteiger partial charge in [-0.3, -0.25) is 4.79 Å². The number of hydrogen-bond donors (Lipinski definition) is 1. The van der Waals surface area contributed by atoms with E-state index in [2.05, 4.69) is 12.2 Å². The molecule has 0 spiro atoms. The molecule has 1 heterocycles. The second kappa shape index (κ2) is 7.84. The Bertz CT molecular complexity index is 382. The maximum Gasteiger partial charge on any atom is 0.408 e. The van der Waals surface area contributed by atoms with Crippen LogP contribution in [0.1, 0.15) is 60.8 Å². The molecule has 1 fully saturated rings. The Balaban J connectivity index is 2.71. The monoisotopic (exact) mass is 312 g/mol. The number of carbonyl (C=O) groups excluding carboxylic acids is 2. The molecule has 1 saturated heterocycles. The van der Waals surface area contributed by atoms with Gasteiger partial charge in [0.2, 0.25) is 5.91 Å². The number of ether oxygens (including phenoxy) is 1. The summed E-state index contributed by atoms with van der Waals surface area (Å²) in [5.74, 6) is 0.774. The van der Waals surface area contributed by atoms with Gasteiger partial charge < -0.3 is 15.0 Å². The van der Waals surface area contributed by atoms with Crippen molar-refractivity contribution in [2.45, 2.75) is 72.4 Å². The third-order valence-electron chi connectivity index (χ3n) is 4.25. The fourth-order valence-corrected chi connectivity index (χ4v) is 2.54. The summed E-state index contributed by atoms with van der Waals surface area (Å²) in [6, 6.07) is -0.506. The molecule has 2 atom stereocenters. The predicted octanol–water partition coefficient (Wildman–Crippen LogP) is 3.18. The van der Waals surface area contributed by atoms with E-state index in [0.717, 1.165) is 32.4 Å². The lowest BCUT2D eigenvalue weighted by molar-refractivity contribution is -0.136. The Hall–Kier alpha value is -1.26. The van der Waals surface area contributed by atoms with Crippen molar-refractivity contribution in [3.05, 3.63) is 0 Å². The molecule has 0 bridgehead atoms. The van der Waals surface area contributed by atoms with Crippen LogP contribution in [0.3, 0.4) is 0 Å². The average Bonchev–Trinajstić information content (AvgIpc) is 2.42. The number of nitrogens with zero attached hydrogens (tertiary/aromatic N) is 1. The van der Waals surface area contributed by atoms with Crippen molar-refractivity contribution < 1.29 is 14.3 Å². The van der Waals surface area contributed by atoms with E-state index in [-0.39, 0.29) is 11.8 Å². The van der Waals surface area contributed by atoms with Crippen molar-refractivity contribution in [3.63, 3.8) is 0 Å². The number of carbonyl (C=O) groups is 2. The first-order valence-electron chi connectivity index (χ1n) is 8.42. The van der Waals surface area contributed by atoms with Crippen molar-refractivity contribution >= 4 is 12.0 Å². The zero-order valence-electron chi connectivity index (χ0n) is 14.9. The summed E-state index contributed by atoms with van der Waals surface area (Å²) < 4.78 is 5.30. The van der Waals surface area contributed by atoms with E-state index in [1.807, 2.05) is 39.5 Å². The molecular formula is C17H32N2O3. The third-order valence-corrected chi connectivity index (χ3v) is 4.25. The van der Waals surface area contributed by atoms with Crippen molar-refractivity contribution in [3.8, 4) is 0 Å². The van der Waals surface area contributed by atoms with Crippen molar-refractivity contribution in [1.29, 1.82) is 0 Å². The van der Waals surface area contributed by atoms with Gasteiger partial charge in [-0.2, -0.15) is 0 Å². The normalized spacial score (nSPS) is 19.5. The van der Waals surface area contributed by atoms with E-state index >= 15 is 0 Å². The van der Waals surface area contributed by atoms with E-state index in [0.29, 0.717) is 5.92 Å². The van der Waals surface area contributed by atoms with Gasteiger partial charge in [0.05, 0.1) is 0 Å². The number of rotatable bonds is 4. The van der Waals surface area contributed by atoms with Crippen LogP contribution < -0.4 is 5.32 Å². The highest BCUT2D eigenvalue weighted by Gasteiger charge is 2.32. The van der Waals surface area contributed by atoms with Crippen LogP contribution in [0.5, 0.6) is 0 Å². The molecule has 0 aromatic heterocycles.